The van der Waals surface area contributed by atoms with E-state index in [0.29, 0.717) is 12.3 Å². The van der Waals surface area contributed by atoms with Gasteiger partial charge in [-0.05, 0) is 18.8 Å². The van der Waals surface area contributed by atoms with Crippen LogP contribution in [-0.4, -0.2) is 12.5 Å². The van der Waals surface area contributed by atoms with E-state index >= 15 is 0 Å². The molecule has 100 valence electrons. The molecule has 0 heterocycles. The van der Waals surface area contributed by atoms with E-state index in [1.54, 1.807) is 0 Å². The second-order valence-electron chi connectivity index (χ2n) is 4.73. The first-order valence-corrected chi connectivity index (χ1v) is 7.13. The molecule has 0 saturated heterocycles. The number of hydrogen-bond acceptors (Lipinski definition) is 1. The van der Waals surface area contributed by atoms with Crippen molar-refractivity contribution in [3.05, 3.63) is 12.7 Å². The number of hydrogen-bond donors (Lipinski definition) is 1. The fraction of sp³-hybridized carbons (Fsp3) is 0.800. The fourth-order valence-electron chi connectivity index (χ4n) is 1.79. The third-order valence-electron chi connectivity index (χ3n) is 3.18. The highest BCUT2D eigenvalue weighted by Gasteiger charge is 2.04. The van der Waals surface area contributed by atoms with Crippen LogP contribution < -0.4 is 5.32 Å². The fourth-order valence-corrected chi connectivity index (χ4v) is 1.79. The van der Waals surface area contributed by atoms with Gasteiger partial charge in [0.1, 0.15) is 0 Å². The molecule has 0 saturated carbocycles. The molecule has 1 unspecified atom stereocenters. The highest BCUT2D eigenvalue weighted by atomic mass is 16.1. The summed E-state index contributed by atoms with van der Waals surface area (Å²) in [4.78, 5) is 11.5. The van der Waals surface area contributed by atoms with Crippen LogP contribution in [0, 0.1) is 5.92 Å². The largest absolute Gasteiger partial charge is 0.356 e. The summed E-state index contributed by atoms with van der Waals surface area (Å²) in [6, 6.07) is 0. The van der Waals surface area contributed by atoms with Crippen LogP contribution in [0.25, 0.3) is 0 Å². The minimum atomic E-state index is 0.195. The molecular weight excluding hydrogens is 210 g/mol. The predicted molar refractivity (Wildman–Crippen MR) is 75.0 cm³/mol. The number of unbranched alkanes of at least 4 members (excludes halogenated alkanes) is 5. The highest BCUT2D eigenvalue weighted by molar-refractivity contribution is 5.75. The molecule has 2 nitrogen and oxygen atoms in total. The molecule has 17 heavy (non-hydrogen) atoms. The molecule has 1 amide bonds. The third kappa shape index (κ3) is 10.1. The van der Waals surface area contributed by atoms with Gasteiger partial charge in [0, 0.05) is 13.0 Å². The molecule has 0 spiro atoms. The predicted octanol–water partition coefficient (Wildman–Crippen LogP) is 4.07. The van der Waals surface area contributed by atoms with Crippen molar-refractivity contribution < 1.29 is 4.79 Å². The van der Waals surface area contributed by atoms with Crippen molar-refractivity contribution >= 4 is 5.91 Å². The van der Waals surface area contributed by atoms with Crippen molar-refractivity contribution in [1.29, 1.82) is 0 Å². The van der Waals surface area contributed by atoms with E-state index < -0.39 is 0 Å². The van der Waals surface area contributed by atoms with Gasteiger partial charge in [-0.3, -0.25) is 4.79 Å². The monoisotopic (exact) mass is 239 g/mol. The Kier molecular flexibility index (Phi) is 11.1. The lowest BCUT2D eigenvalue weighted by Gasteiger charge is -2.10. The average molecular weight is 239 g/mol. The van der Waals surface area contributed by atoms with E-state index in [2.05, 4.69) is 25.7 Å². The van der Waals surface area contributed by atoms with Gasteiger partial charge in [0.05, 0.1) is 0 Å². The first-order chi connectivity index (χ1) is 8.24. The summed E-state index contributed by atoms with van der Waals surface area (Å²) < 4.78 is 0. The molecule has 0 aliphatic heterocycles. The zero-order chi connectivity index (χ0) is 12.9. The number of rotatable bonds is 11. The van der Waals surface area contributed by atoms with E-state index in [9.17, 15) is 4.79 Å². The van der Waals surface area contributed by atoms with Gasteiger partial charge in [-0.1, -0.05) is 52.0 Å². The number of nitrogens with one attached hydrogen (secondary N) is 1. The lowest BCUT2D eigenvalue weighted by molar-refractivity contribution is -0.121. The molecule has 1 N–H and O–H groups in total. The summed E-state index contributed by atoms with van der Waals surface area (Å²) in [5, 5.41) is 2.98. The van der Waals surface area contributed by atoms with Crippen LogP contribution >= 0.6 is 0 Å². The van der Waals surface area contributed by atoms with Crippen molar-refractivity contribution in [2.24, 2.45) is 5.92 Å². The average Bonchev–Trinajstić information content (AvgIpc) is 2.35. The first-order valence-electron chi connectivity index (χ1n) is 7.13. The minimum absolute atomic E-state index is 0.195. The summed E-state index contributed by atoms with van der Waals surface area (Å²) in [6.07, 6.45) is 11.0. The van der Waals surface area contributed by atoms with Gasteiger partial charge in [-0.2, -0.15) is 0 Å². The topological polar surface area (TPSA) is 29.1 Å². The van der Waals surface area contributed by atoms with Gasteiger partial charge in [-0.25, -0.2) is 0 Å². The summed E-state index contributed by atoms with van der Waals surface area (Å²) in [6.45, 7) is 8.84. The van der Waals surface area contributed by atoms with E-state index in [-0.39, 0.29) is 5.91 Å². The molecule has 0 rings (SSSR count). The van der Waals surface area contributed by atoms with Crippen LogP contribution in [0.2, 0.25) is 0 Å². The highest BCUT2D eigenvalue weighted by Crippen LogP contribution is 2.07. The Balaban J connectivity index is 3.37. The van der Waals surface area contributed by atoms with Gasteiger partial charge in [0.2, 0.25) is 5.91 Å². The van der Waals surface area contributed by atoms with Crippen LogP contribution in [0.3, 0.4) is 0 Å². The SMILES string of the molecule is C=CC(CC)CNC(=O)CCCCCCCC. The molecule has 0 fully saturated rings. The van der Waals surface area contributed by atoms with E-state index in [4.69, 9.17) is 0 Å². The Morgan fingerprint density at radius 3 is 2.41 bits per heavy atom. The van der Waals surface area contributed by atoms with Gasteiger partial charge in [0.25, 0.3) is 0 Å². The van der Waals surface area contributed by atoms with Gasteiger partial charge >= 0.3 is 0 Å². The Labute approximate surface area is 107 Å². The molecule has 0 bridgehead atoms. The summed E-state index contributed by atoms with van der Waals surface area (Å²) in [7, 11) is 0. The number of carbonyl (C=O) groups excluding carboxylic acids is 1. The lowest BCUT2D eigenvalue weighted by atomic mass is 10.1. The molecule has 0 aromatic rings. The van der Waals surface area contributed by atoms with Crippen LogP contribution in [0.1, 0.15) is 65.2 Å². The Bertz CT molecular complexity index is 201. The van der Waals surface area contributed by atoms with Gasteiger partial charge in [0.15, 0.2) is 0 Å². The third-order valence-corrected chi connectivity index (χ3v) is 3.18. The maximum atomic E-state index is 11.5. The Morgan fingerprint density at radius 2 is 1.82 bits per heavy atom. The minimum Gasteiger partial charge on any atom is -0.356 e. The van der Waals surface area contributed by atoms with E-state index in [1.165, 1.54) is 32.1 Å². The normalized spacial score (nSPS) is 12.1. The number of carbonyl (C=O) groups is 1. The maximum absolute atomic E-state index is 11.5. The van der Waals surface area contributed by atoms with Crippen molar-refractivity contribution in [2.75, 3.05) is 6.54 Å². The Hall–Kier alpha value is -0.790. The maximum Gasteiger partial charge on any atom is 0.220 e. The van der Waals surface area contributed by atoms with Crippen molar-refractivity contribution in [1.82, 2.24) is 5.32 Å². The van der Waals surface area contributed by atoms with Crippen molar-refractivity contribution in [2.45, 2.75) is 65.2 Å². The summed E-state index contributed by atoms with van der Waals surface area (Å²) in [5.74, 6) is 0.615. The van der Waals surface area contributed by atoms with Crippen LogP contribution in [0.5, 0.6) is 0 Å². The van der Waals surface area contributed by atoms with E-state index in [0.717, 1.165) is 19.4 Å². The van der Waals surface area contributed by atoms with Crippen molar-refractivity contribution in [3.8, 4) is 0 Å². The zero-order valence-electron chi connectivity index (χ0n) is 11.6. The molecular formula is C15H29NO. The number of amides is 1. The standard InChI is InChI=1S/C15H29NO/c1-4-7-8-9-10-11-12-15(17)16-13-14(5-2)6-3/h5,14H,2,4,6-13H2,1,3H3,(H,16,17). The molecule has 0 aliphatic rings. The Morgan fingerprint density at radius 1 is 1.18 bits per heavy atom. The molecule has 0 aliphatic carbocycles. The van der Waals surface area contributed by atoms with Gasteiger partial charge < -0.3 is 5.32 Å². The summed E-state index contributed by atoms with van der Waals surface area (Å²) in [5.41, 5.74) is 0. The van der Waals surface area contributed by atoms with E-state index in [1.807, 2.05) is 6.08 Å². The molecule has 2 heteroatoms. The molecule has 0 radical (unpaired) electrons. The zero-order valence-corrected chi connectivity index (χ0v) is 11.6. The quantitative estimate of drug-likeness (QED) is 0.427. The molecule has 0 aromatic carbocycles. The van der Waals surface area contributed by atoms with Crippen LogP contribution in [0.15, 0.2) is 12.7 Å². The van der Waals surface area contributed by atoms with Crippen LogP contribution in [-0.2, 0) is 4.79 Å². The summed E-state index contributed by atoms with van der Waals surface area (Å²) >= 11 is 0. The smallest absolute Gasteiger partial charge is 0.220 e. The second-order valence-corrected chi connectivity index (χ2v) is 4.73. The van der Waals surface area contributed by atoms with Crippen molar-refractivity contribution in [3.63, 3.8) is 0 Å². The molecule has 1 atom stereocenters. The van der Waals surface area contributed by atoms with Gasteiger partial charge in [-0.15, -0.1) is 6.58 Å². The first kappa shape index (κ1) is 16.2. The lowest BCUT2D eigenvalue weighted by Crippen LogP contribution is -2.28. The van der Waals surface area contributed by atoms with Crippen LogP contribution in [0.4, 0.5) is 0 Å². The molecule has 0 aromatic heterocycles. The second kappa shape index (κ2) is 11.7.